The summed E-state index contributed by atoms with van der Waals surface area (Å²) in [6.07, 6.45) is 1.51. The first-order valence-corrected chi connectivity index (χ1v) is 5.17. The fourth-order valence-corrected chi connectivity index (χ4v) is 1.90. The van der Waals surface area contributed by atoms with E-state index in [0.717, 1.165) is 9.86 Å². The Labute approximate surface area is 94.0 Å². The number of benzene rings is 1. The first-order chi connectivity index (χ1) is 6.61. The Hall–Kier alpha value is -0.670. The highest BCUT2D eigenvalue weighted by atomic mass is 79.9. The van der Waals surface area contributed by atoms with Crippen molar-refractivity contribution in [2.75, 3.05) is 0 Å². The number of hydrogen-bond donors (Lipinski definition) is 0. The van der Waals surface area contributed by atoms with Gasteiger partial charge in [0.2, 0.25) is 0 Å². The average molecular weight is 275 g/mol. The molecule has 4 heteroatoms. The van der Waals surface area contributed by atoms with E-state index in [2.05, 4.69) is 20.9 Å². The van der Waals surface area contributed by atoms with Crippen molar-refractivity contribution >= 4 is 38.4 Å². The second-order valence-electron chi connectivity index (χ2n) is 2.99. The molecule has 0 radical (unpaired) electrons. The van der Waals surface area contributed by atoms with E-state index in [0.29, 0.717) is 16.1 Å². The molecule has 0 bridgehead atoms. The lowest BCUT2D eigenvalue weighted by Crippen LogP contribution is -1.89. The molecule has 14 heavy (non-hydrogen) atoms. The summed E-state index contributed by atoms with van der Waals surface area (Å²) in [7, 11) is 0. The molecule has 0 fully saturated rings. The number of aromatic nitrogens is 1. The number of nitrogens with zero attached hydrogens (tertiary/aromatic N) is 1. The Morgan fingerprint density at radius 3 is 2.86 bits per heavy atom. The van der Waals surface area contributed by atoms with E-state index in [1.165, 1.54) is 12.3 Å². The average Bonchev–Trinajstić information content (AvgIpc) is 2.17. The van der Waals surface area contributed by atoms with Crippen molar-refractivity contribution in [2.45, 2.75) is 6.92 Å². The maximum Gasteiger partial charge on any atom is 0.128 e. The molecule has 0 saturated carbocycles. The highest BCUT2D eigenvalue weighted by Gasteiger charge is 2.08. The molecule has 2 aromatic rings. The molecule has 1 aromatic heterocycles. The van der Waals surface area contributed by atoms with Gasteiger partial charge in [0.1, 0.15) is 5.82 Å². The van der Waals surface area contributed by atoms with Gasteiger partial charge in [-0.05, 0) is 35.0 Å². The summed E-state index contributed by atoms with van der Waals surface area (Å²) in [5.74, 6) is -0.251. The Morgan fingerprint density at radius 1 is 1.43 bits per heavy atom. The molecule has 0 N–H and O–H groups in total. The van der Waals surface area contributed by atoms with Crippen LogP contribution in [0.2, 0.25) is 5.02 Å². The van der Waals surface area contributed by atoms with Gasteiger partial charge in [-0.15, -0.1) is 0 Å². The highest BCUT2D eigenvalue weighted by Crippen LogP contribution is 2.31. The molecule has 1 nitrogen and oxygen atoms in total. The van der Waals surface area contributed by atoms with Gasteiger partial charge in [-0.3, -0.25) is 4.98 Å². The molecule has 1 heterocycles. The zero-order valence-electron chi connectivity index (χ0n) is 7.31. The van der Waals surface area contributed by atoms with Crippen molar-refractivity contribution in [3.8, 4) is 0 Å². The van der Waals surface area contributed by atoms with E-state index in [1.807, 2.05) is 0 Å². The zero-order valence-corrected chi connectivity index (χ0v) is 9.66. The van der Waals surface area contributed by atoms with Gasteiger partial charge in [0.05, 0.1) is 10.5 Å². The van der Waals surface area contributed by atoms with Gasteiger partial charge >= 0.3 is 0 Å². The first-order valence-electron chi connectivity index (χ1n) is 4.00. The third-order valence-electron chi connectivity index (χ3n) is 2.12. The molecule has 0 aliphatic rings. The minimum Gasteiger partial charge on any atom is -0.254 e. The predicted octanol–water partition coefficient (Wildman–Crippen LogP) is 4.10. The fraction of sp³-hybridized carbons (Fsp3) is 0.100. The number of halogens is 3. The quantitative estimate of drug-likeness (QED) is 0.705. The molecule has 1 aromatic carbocycles. The third-order valence-corrected chi connectivity index (χ3v) is 3.49. The second kappa shape index (κ2) is 3.48. The van der Waals surface area contributed by atoms with Crippen LogP contribution in [-0.2, 0) is 0 Å². The Balaban J connectivity index is 2.94. The maximum absolute atomic E-state index is 13.2. The van der Waals surface area contributed by atoms with Crippen LogP contribution < -0.4 is 0 Å². The molecule has 0 saturated heterocycles. The Kier molecular flexibility index (Phi) is 2.45. The summed E-state index contributed by atoms with van der Waals surface area (Å²) in [4.78, 5) is 4.10. The predicted molar refractivity (Wildman–Crippen MR) is 59.1 cm³/mol. The molecule has 0 amide bonds. The zero-order chi connectivity index (χ0) is 10.3. The van der Waals surface area contributed by atoms with Crippen molar-refractivity contribution in [1.29, 1.82) is 0 Å². The molecular weight excluding hydrogens is 268 g/mol. The lowest BCUT2D eigenvalue weighted by molar-refractivity contribution is 0.620. The SMILES string of the molecule is Cc1c(F)ccc2c(Br)c(Cl)cnc12. The summed E-state index contributed by atoms with van der Waals surface area (Å²) >= 11 is 9.22. The van der Waals surface area contributed by atoms with Gasteiger partial charge in [0.25, 0.3) is 0 Å². The minimum absolute atomic E-state index is 0.251. The minimum atomic E-state index is -0.251. The van der Waals surface area contributed by atoms with Crippen molar-refractivity contribution in [3.63, 3.8) is 0 Å². The molecule has 0 spiro atoms. The normalized spacial score (nSPS) is 10.9. The number of rotatable bonds is 0. The topological polar surface area (TPSA) is 12.9 Å². The van der Waals surface area contributed by atoms with Crippen molar-refractivity contribution in [1.82, 2.24) is 4.98 Å². The number of fused-ring (bicyclic) bond motifs is 1. The van der Waals surface area contributed by atoms with Crippen LogP contribution in [0.15, 0.2) is 22.8 Å². The number of hydrogen-bond acceptors (Lipinski definition) is 1. The van der Waals surface area contributed by atoms with E-state index in [-0.39, 0.29) is 5.82 Å². The monoisotopic (exact) mass is 273 g/mol. The van der Waals surface area contributed by atoms with Crippen LogP contribution in [-0.4, -0.2) is 4.98 Å². The van der Waals surface area contributed by atoms with E-state index in [9.17, 15) is 4.39 Å². The number of pyridine rings is 1. The van der Waals surface area contributed by atoms with Crippen LogP contribution in [0, 0.1) is 12.7 Å². The summed E-state index contributed by atoms with van der Waals surface area (Å²) in [6.45, 7) is 1.70. The van der Waals surface area contributed by atoms with E-state index >= 15 is 0 Å². The van der Waals surface area contributed by atoms with Crippen molar-refractivity contribution in [3.05, 3.63) is 39.2 Å². The fourth-order valence-electron chi connectivity index (χ4n) is 1.33. The van der Waals surface area contributed by atoms with Gasteiger partial charge in [0.15, 0.2) is 0 Å². The molecular formula is C10H6BrClFN. The summed E-state index contributed by atoms with van der Waals surface area (Å²) in [5.41, 5.74) is 1.18. The van der Waals surface area contributed by atoms with Crippen molar-refractivity contribution in [2.24, 2.45) is 0 Å². The van der Waals surface area contributed by atoms with Crippen LogP contribution in [0.1, 0.15) is 5.56 Å². The van der Waals surface area contributed by atoms with Crippen LogP contribution in [0.4, 0.5) is 4.39 Å². The van der Waals surface area contributed by atoms with E-state index < -0.39 is 0 Å². The van der Waals surface area contributed by atoms with Crippen LogP contribution in [0.3, 0.4) is 0 Å². The second-order valence-corrected chi connectivity index (χ2v) is 4.19. The highest BCUT2D eigenvalue weighted by molar-refractivity contribution is 9.10. The van der Waals surface area contributed by atoms with Gasteiger partial charge in [-0.25, -0.2) is 4.39 Å². The summed E-state index contributed by atoms with van der Waals surface area (Å²) in [5, 5.41) is 1.36. The standard InChI is InChI=1S/C10H6BrClFN/c1-5-8(13)3-2-6-9(11)7(12)4-14-10(5)6/h2-4H,1H3. The summed E-state index contributed by atoms with van der Waals surface area (Å²) < 4.78 is 13.9. The lowest BCUT2D eigenvalue weighted by atomic mass is 10.1. The number of aryl methyl sites for hydroxylation is 1. The Morgan fingerprint density at radius 2 is 2.14 bits per heavy atom. The third kappa shape index (κ3) is 1.41. The molecule has 0 aliphatic heterocycles. The smallest absolute Gasteiger partial charge is 0.128 e. The van der Waals surface area contributed by atoms with Gasteiger partial charge in [0, 0.05) is 21.6 Å². The van der Waals surface area contributed by atoms with E-state index in [4.69, 9.17) is 11.6 Å². The lowest BCUT2D eigenvalue weighted by Gasteiger charge is -2.05. The van der Waals surface area contributed by atoms with Gasteiger partial charge < -0.3 is 0 Å². The molecule has 2 rings (SSSR count). The summed E-state index contributed by atoms with van der Waals surface area (Å²) in [6, 6.07) is 3.08. The van der Waals surface area contributed by atoms with Crippen LogP contribution in [0.25, 0.3) is 10.9 Å². The molecule has 0 aliphatic carbocycles. The first kappa shape index (κ1) is 9.87. The van der Waals surface area contributed by atoms with Gasteiger partial charge in [-0.1, -0.05) is 11.6 Å². The van der Waals surface area contributed by atoms with Crippen LogP contribution in [0.5, 0.6) is 0 Å². The molecule has 0 atom stereocenters. The molecule has 72 valence electrons. The van der Waals surface area contributed by atoms with Crippen LogP contribution >= 0.6 is 27.5 Å². The van der Waals surface area contributed by atoms with Crippen molar-refractivity contribution < 1.29 is 4.39 Å². The largest absolute Gasteiger partial charge is 0.254 e. The maximum atomic E-state index is 13.2. The Bertz CT molecular complexity index is 466. The van der Waals surface area contributed by atoms with E-state index in [1.54, 1.807) is 13.0 Å². The van der Waals surface area contributed by atoms with Gasteiger partial charge in [-0.2, -0.15) is 0 Å². The molecule has 0 unspecified atom stereocenters.